The second-order valence-electron chi connectivity index (χ2n) is 6.52. The fraction of sp³-hybridized carbons (Fsp3) is 0.556. The molecule has 10 heteroatoms. The minimum absolute atomic E-state index is 0. The molecular weight excluding hydrogens is 390 g/mol. The Hall–Kier alpha value is -2.23. The van der Waals surface area contributed by atoms with Crippen molar-refractivity contribution in [3.8, 4) is 0 Å². The number of methoxy groups -OCH3 is 1. The molecule has 158 valence electrons. The number of halogens is 1. The second-order valence-corrected chi connectivity index (χ2v) is 6.52. The molecule has 0 saturated heterocycles. The summed E-state index contributed by atoms with van der Waals surface area (Å²) in [6, 6.07) is 4.30. The minimum atomic E-state index is -1.13. The molecule has 1 aromatic rings. The first-order valence-corrected chi connectivity index (χ1v) is 8.73. The Morgan fingerprint density at radius 1 is 1.32 bits per heavy atom. The first-order valence-electron chi connectivity index (χ1n) is 8.73. The van der Waals surface area contributed by atoms with Gasteiger partial charge in [0, 0.05) is 18.2 Å². The standard InChI is InChI=1S/C18H27N3O6.ClH/c1-4-11(2)17(18(24)27-3)20-16(23)10-15(22)14(19)9-12-5-7-13(8-6-12)21(25)26;/h5-8,11,14-15,17,22H,4,9-10,19H2,1-3H3,(H,20,23);1H/t11-,14+,15?,17+;/m1./s1. The molecular formula is C18H28ClN3O6. The van der Waals surface area contributed by atoms with Gasteiger partial charge in [0.1, 0.15) is 6.04 Å². The van der Waals surface area contributed by atoms with E-state index in [2.05, 4.69) is 5.32 Å². The highest BCUT2D eigenvalue weighted by atomic mass is 35.5. The van der Waals surface area contributed by atoms with Crippen LogP contribution in [0.4, 0.5) is 5.69 Å². The van der Waals surface area contributed by atoms with Gasteiger partial charge in [0.25, 0.3) is 5.69 Å². The molecule has 0 fully saturated rings. The van der Waals surface area contributed by atoms with Crippen LogP contribution in [0.1, 0.15) is 32.3 Å². The quantitative estimate of drug-likeness (QED) is 0.296. The Bertz CT molecular complexity index is 655. The first kappa shape index (κ1) is 25.8. The van der Waals surface area contributed by atoms with Gasteiger partial charge in [-0.15, -0.1) is 12.4 Å². The number of hydrogen-bond acceptors (Lipinski definition) is 7. The number of carbonyl (C=O) groups excluding carboxylic acids is 2. The van der Waals surface area contributed by atoms with Gasteiger partial charge in [-0.25, -0.2) is 4.79 Å². The van der Waals surface area contributed by atoms with E-state index in [0.717, 1.165) is 0 Å². The van der Waals surface area contributed by atoms with Crippen molar-refractivity contribution in [1.29, 1.82) is 0 Å². The summed E-state index contributed by atoms with van der Waals surface area (Å²) >= 11 is 0. The molecule has 9 nitrogen and oxygen atoms in total. The summed E-state index contributed by atoms with van der Waals surface area (Å²) in [4.78, 5) is 34.1. The van der Waals surface area contributed by atoms with Crippen LogP contribution in [-0.2, 0) is 20.7 Å². The van der Waals surface area contributed by atoms with Crippen molar-refractivity contribution in [2.75, 3.05) is 7.11 Å². The molecule has 0 radical (unpaired) electrons. The van der Waals surface area contributed by atoms with Crippen molar-refractivity contribution in [2.24, 2.45) is 11.7 Å². The zero-order valence-corrected chi connectivity index (χ0v) is 17.0. The van der Waals surface area contributed by atoms with Crippen molar-refractivity contribution < 1.29 is 24.4 Å². The van der Waals surface area contributed by atoms with Crippen LogP contribution in [-0.4, -0.2) is 47.2 Å². The SMILES string of the molecule is CC[C@@H](C)[C@H](NC(=O)CC(O)[C@@H](N)Cc1ccc([N+](=O)[O-])cc1)C(=O)OC.Cl. The maximum atomic E-state index is 12.2. The van der Waals surface area contributed by atoms with Gasteiger partial charge >= 0.3 is 5.97 Å². The third kappa shape index (κ3) is 7.79. The van der Waals surface area contributed by atoms with Gasteiger partial charge in [0.15, 0.2) is 0 Å². The number of ether oxygens (including phenoxy) is 1. The van der Waals surface area contributed by atoms with Crippen molar-refractivity contribution in [1.82, 2.24) is 5.32 Å². The zero-order valence-electron chi connectivity index (χ0n) is 16.2. The maximum absolute atomic E-state index is 12.2. The minimum Gasteiger partial charge on any atom is -0.467 e. The summed E-state index contributed by atoms with van der Waals surface area (Å²) in [5.41, 5.74) is 6.61. The van der Waals surface area contributed by atoms with Crippen LogP contribution in [0.25, 0.3) is 0 Å². The normalized spacial score (nSPS) is 14.8. The van der Waals surface area contributed by atoms with Crippen LogP contribution >= 0.6 is 12.4 Å². The number of rotatable bonds is 10. The number of amides is 1. The van der Waals surface area contributed by atoms with Gasteiger partial charge in [-0.2, -0.15) is 0 Å². The lowest BCUT2D eigenvalue weighted by molar-refractivity contribution is -0.384. The lowest BCUT2D eigenvalue weighted by Crippen LogP contribution is -2.48. The summed E-state index contributed by atoms with van der Waals surface area (Å²) in [6.45, 7) is 3.71. The second kappa shape index (κ2) is 12.3. The monoisotopic (exact) mass is 417 g/mol. The number of nitrogens with zero attached hydrogens (tertiary/aromatic N) is 1. The van der Waals surface area contributed by atoms with Gasteiger partial charge in [-0.05, 0) is 17.9 Å². The predicted molar refractivity (Wildman–Crippen MR) is 106 cm³/mol. The molecule has 0 bridgehead atoms. The molecule has 0 aliphatic carbocycles. The number of hydrogen-bond donors (Lipinski definition) is 3. The van der Waals surface area contributed by atoms with Crippen molar-refractivity contribution >= 4 is 30.0 Å². The topological polar surface area (TPSA) is 145 Å². The van der Waals surface area contributed by atoms with Crippen LogP contribution in [0.5, 0.6) is 0 Å². The number of non-ortho nitro benzene ring substituents is 1. The lowest BCUT2D eigenvalue weighted by atomic mass is 9.97. The van der Waals surface area contributed by atoms with Crippen molar-refractivity contribution in [3.05, 3.63) is 39.9 Å². The Morgan fingerprint density at radius 3 is 2.36 bits per heavy atom. The molecule has 0 heterocycles. The molecule has 1 amide bonds. The van der Waals surface area contributed by atoms with E-state index in [9.17, 15) is 24.8 Å². The fourth-order valence-corrected chi connectivity index (χ4v) is 2.53. The number of benzene rings is 1. The molecule has 0 aliphatic heterocycles. The highest BCUT2D eigenvalue weighted by Gasteiger charge is 2.28. The maximum Gasteiger partial charge on any atom is 0.328 e. The van der Waals surface area contributed by atoms with E-state index in [1.54, 1.807) is 12.1 Å². The smallest absolute Gasteiger partial charge is 0.328 e. The number of aliphatic hydroxyl groups is 1. The van der Waals surface area contributed by atoms with Gasteiger partial charge in [-0.1, -0.05) is 32.4 Å². The summed E-state index contributed by atoms with van der Waals surface area (Å²) in [7, 11) is 1.25. The molecule has 0 aromatic heterocycles. The average Bonchev–Trinajstić information content (AvgIpc) is 2.65. The molecule has 1 aromatic carbocycles. The Labute approximate surface area is 170 Å². The zero-order chi connectivity index (χ0) is 20.6. The molecule has 1 unspecified atom stereocenters. The average molecular weight is 418 g/mol. The summed E-state index contributed by atoms with van der Waals surface area (Å²) in [6.07, 6.45) is -0.478. The van der Waals surface area contributed by atoms with Crippen LogP contribution in [0.15, 0.2) is 24.3 Å². The van der Waals surface area contributed by atoms with Crippen molar-refractivity contribution in [2.45, 2.75) is 51.3 Å². The van der Waals surface area contributed by atoms with E-state index in [4.69, 9.17) is 10.5 Å². The van der Waals surface area contributed by atoms with Gasteiger partial charge in [0.2, 0.25) is 5.91 Å². The number of aliphatic hydroxyl groups excluding tert-OH is 1. The van der Waals surface area contributed by atoms with E-state index in [-0.39, 0.29) is 36.9 Å². The van der Waals surface area contributed by atoms with E-state index >= 15 is 0 Å². The van der Waals surface area contributed by atoms with Gasteiger partial charge in [-0.3, -0.25) is 14.9 Å². The van der Waals surface area contributed by atoms with Gasteiger partial charge in [0.05, 0.1) is 24.6 Å². The van der Waals surface area contributed by atoms with E-state index in [1.165, 1.54) is 19.2 Å². The first-order chi connectivity index (χ1) is 12.7. The third-order valence-electron chi connectivity index (χ3n) is 4.49. The number of nitrogens with two attached hydrogens (primary N) is 1. The number of nitro benzene ring substituents is 1. The fourth-order valence-electron chi connectivity index (χ4n) is 2.53. The summed E-state index contributed by atoms with van der Waals surface area (Å²) in [5.74, 6) is -1.16. The van der Waals surface area contributed by atoms with Crippen LogP contribution in [0, 0.1) is 16.0 Å². The number of carbonyl (C=O) groups is 2. The van der Waals surface area contributed by atoms with Crippen molar-refractivity contribution in [3.63, 3.8) is 0 Å². The van der Waals surface area contributed by atoms with E-state index < -0.39 is 35.0 Å². The number of nitrogens with one attached hydrogen (secondary N) is 1. The van der Waals surface area contributed by atoms with E-state index in [1.807, 2.05) is 13.8 Å². The molecule has 0 spiro atoms. The number of esters is 1. The Morgan fingerprint density at radius 2 is 1.89 bits per heavy atom. The predicted octanol–water partition coefficient (Wildman–Crippen LogP) is 1.34. The van der Waals surface area contributed by atoms with Gasteiger partial charge < -0.3 is 20.9 Å². The Balaban J connectivity index is 0.00000729. The van der Waals surface area contributed by atoms with Crippen LogP contribution in [0.2, 0.25) is 0 Å². The summed E-state index contributed by atoms with van der Waals surface area (Å²) < 4.78 is 4.71. The molecule has 0 saturated carbocycles. The molecule has 4 N–H and O–H groups in total. The Kier molecular flexibility index (Phi) is 11.3. The molecule has 1 rings (SSSR count). The van der Waals surface area contributed by atoms with Crippen LogP contribution in [0.3, 0.4) is 0 Å². The largest absolute Gasteiger partial charge is 0.467 e. The molecule has 4 atom stereocenters. The number of nitro groups is 1. The highest BCUT2D eigenvalue weighted by Crippen LogP contribution is 2.14. The molecule has 0 aliphatic rings. The van der Waals surface area contributed by atoms with Crippen LogP contribution < -0.4 is 11.1 Å². The lowest BCUT2D eigenvalue weighted by Gasteiger charge is -2.24. The third-order valence-corrected chi connectivity index (χ3v) is 4.49. The summed E-state index contributed by atoms with van der Waals surface area (Å²) in [5, 5.41) is 23.4. The van der Waals surface area contributed by atoms with E-state index in [0.29, 0.717) is 12.0 Å². The molecule has 28 heavy (non-hydrogen) atoms. The highest BCUT2D eigenvalue weighted by molar-refractivity contribution is 5.85.